The zero-order valence-electron chi connectivity index (χ0n) is 44.8. The summed E-state index contributed by atoms with van der Waals surface area (Å²) in [5.74, 6) is 0. The van der Waals surface area contributed by atoms with Crippen molar-refractivity contribution in [1.82, 2.24) is 13.7 Å². The molecule has 0 radical (unpaired) electrons. The molecule has 82 heavy (non-hydrogen) atoms. The molecule has 0 aliphatic carbocycles. The molecule has 0 atom stereocenters. The SMILES string of the molecule is c1ccc(-n2c3ccccc3c3ccc(-c4cccc([Si](c5ccccc5)(c5ccccc5)c5cccc(-n6c7ccc(-n8c9ccccc9c9ccccc98)cc7c7c8c9ccccc9c9ccccc9c8ccc76)c5)c4)cc32)cc1. The molecule has 0 saturated heterocycles. The van der Waals surface area contributed by atoms with Gasteiger partial charge in [-0.05, 0) is 132 Å². The van der Waals surface area contributed by atoms with Crippen LogP contribution < -0.4 is 20.7 Å². The zero-order chi connectivity index (χ0) is 53.9. The first kappa shape index (κ1) is 46.4. The van der Waals surface area contributed by atoms with Gasteiger partial charge in [0.15, 0.2) is 8.07 Å². The molecule has 17 rings (SSSR count). The molecule has 4 heteroatoms. The van der Waals surface area contributed by atoms with Crippen molar-refractivity contribution in [2.45, 2.75) is 0 Å². The van der Waals surface area contributed by atoms with Gasteiger partial charge in [0.1, 0.15) is 0 Å². The minimum absolute atomic E-state index is 1.13. The first-order valence-corrected chi connectivity index (χ1v) is 30.4. The summed E-state index contributed by atoms with van der Waals surface area (Å²) in [6, 6.07) is 116. The van der Waals surface area contributed by atoms with Crippen LogP contribution in [-0.4, -0.2) is 21.8 Å². The largest absolute Gasteiger partial charge is 0.309 e. The molecular weight excluding hydrogens is 1010 g/mol. The zero-order valence-corrected chi connectivity index (χ0v) is 45.8. The third-order valence-corrected chi connectivity index (χ3v) is 22.5. The minimum atomic E-state index is -3.12. The van der Waals surface area contributed by atoms with Crippen LogP contribution in [0.1, 0.15) is 0 Å². The number of fused-ring (bicyclic) bond motifs is 16. The maximum atomic E-state index is 2.56. The van der Waals surface area contributed by atoms with E-state index >= 15 is 0 Å². The van der Waals surface area contributed by atoms with Crippen molar-refractivity contribution >= 4 is 127 Å². The standard InChI is InChI=1S/C78H51N3Si/c1-4-23-54(24-5-1)79-71-39-17-16-37-66(71)67-44-42-53(49-76(67)79)52-22-20-30-59(48-52)82(57-26-6-2-7-27-57,58-28-8-3-9-29-58)60-31-21-25-55(50-60)81-74-46-43-56(80-72-40-18-14-35-64(72)65-36-15-19-41-73(65)80)51-70(74)78-75(81)47-45-69-63-34-11-10-32-61(63)62-33-12-13-38-68(62)77(69)78/h1-51H. The average molecular weight is 1060 g/mol. The molecule has 0 aliphatic rings. The first-order valence-electron chi connectivity index (χ1n) is 28.4. The number of rotatable bonds is 8. The van der Waals surface area contributed by atoms with Crippen LogP contribution in [-0.2, 0) is 0 Å². The van der Waals surface area contributed by atoms with E-state index in [1.165, 1.54) is 130 Å². The predicted molar refractivity (Wildman–Crippen MR) is 351 cm³/mol. The van der Waals surface area contributed by atoms with Crippen molar-refractivity contribution < 1.29 is 0 Å². The third-order valence-electron chi connectivity index (χ3n) is 17.7. The van der Waals surface area contributed by atoms with E-state index in [1.807, 2.05) is 0 Å². The highest BCUT2D eigenvalue weighted by molar-refractivity contribution is 7.20. The van der Waals surface area contributed by atoms with Gasteiger partial charge >= 0.3 is 0 Å². The van der Waals surface area contributed by atoms with E-state index in [0.717, 1.165) is 17.1 Å². The van der Waals surface area contributed by atoms with Crippen molar-refractivity contribution in [2.24, 2.45) is 0 Å². The molecule has 0 aliphatic heterocycles. The van der Waals surface area contributed by atoms with Crippen LogP contribution in [0.15, 0.2) is 309 Å². The van der Waals surface area contributed by atoms with E-state index in [-0.39, 0.29) is 0 Å². The molecule has 0 saturated carbocycles. The highest BCUT2D eigenvalue weighted by Crippen LogP contribution is 2.45. The summed E-state index contributed by atoms with van der Waals surface area (Å²) in [4.78, 5) is 0. The smallest absolute Gasteiger partial charge is 0.179 e. The van der Waals surface area contributed by atoms with E-state index in [2.05, 4.69) is 323 Å². The number of hydrogen-bond donors (Lipinski definition) is 0. The van der Waals surface area contributed by atoms with Gasteiger partial charge in [-0.25, -0.2) is 0 Å². The Morgan fingerprint density at radius 1 is 0.183 bits per heavy atom. The predicted octanol–water partition coefficient (Wildman–Crippen LogP) is 17.5. The number of benzene rings is 14. The second kappa shape index (κ2) is 18.3. The van der Waals surface area contributed by atoms with Crippen molar-refractivity contribution in [1.29, 1.82) is 0 Å². The van der Waals surface area contributed by atoms with Crippen molar-refractivity contribution in [2.75, 3.05) is 0 Å². The van der Waals surface area contributed by atoms with Crippen molar-refractivity contribution in [3.05, 3.63) is 309 Å². The molecule has 0 bridgehead atoms. The van der Waals surface area contributed by atoms with Gasteiger partial charge in [0.2, 0.25) is 0 Å². The van der Waals surface area contributed by atoms with Crippen LogP contribution in [0.2, 0.25) is 0 Å². The quantitative estimate of drug-likeness (QED) is 0.0818. The fourth-order valence-corrected chi connectivity index (χ4v) is 19.1. The molecule has 17 aromatic rings. The molecule has 14 aromatic carbocycles. The summed E-state index contributed by atoms with van der Waals surface area (Å²) >= 11 is 0. The molecule has 0 spiro atoms. The number of para-hydroxylation sites is 4. The van der Waals surface area contributed by atoms with Gasteiger partial charge in [0, 0.05) is 54.8 Å². The van der Waals surface area contributed by atoms with E-state index < -0.39 is 8.07 Å². The van der Waals surface area contributed by atoms with Gasteiger partial charge in [-0.3, -0.25) is 0 Å². The van der Waals surface area contributed by atoms with Crippen molar-refractivity contribution in [3.63, 3.8) is 0 Å². The monoisotopic (exact) mass is 1060 g/mol. The second-order valence-corrected chi connectivity index (χ2v) is 25.7. The topological polar surface area (TPSA) is 14.8 Å². The van der Waals surface area contributed by atoms with Crippen LogP contribution in [0.5, 0.6) is 0 Å². The Morgan fingerprint density at radius 2 is 0.573 bits per heavy atom. The summed E-state index contributed by atoms with van der Waals surface area (Å²) in [7, 11) is -3.12. The second-order valence-electron chi connectivity index (χ2n) is 21.9. The van der Waals surface area contributed by atoms with Crippen LogP contribution in [0.25, 0.3) is 126 Å². The summed E-state index contributed by atoms with van der Waals surface area (Å²) in [6.45, 7) is 0. The Morgan fingerprint density at radius 3 is 1.20 bits per heavy atom. The van der Waals surface area contributed by atoms with Gasteiger partial charge in [-0.15, -0.1) is 0 Å². The van der Waals surface area contributed by atoms with Gasteiger partial charge in [0.25, 0.3) is 0 Å². The lowest BCUT2D eigenvalue weighted by molar-refractivity contribution is 1.17. The molecule has 3 nitrogen and oxygen atoms in total. The third kappa shape index (κ3) is 6.76. The van der Waals surface area contributed by atoms with E-state index in [4.69, 9.17) is 0 Å². The van der Waals surface area contributed by atoms with Crippen LogP contribution in [0, 0.1) is 0 Å². The Balaban J connectivity index is 0.932. The Labute approximate surface area is 475 Å². The first-order chi connectivity index (χ1) is 40.7. The molecule has 3 aromatic heterocycles. The fourth-order valence-electron chi connectivity index (χ4n) is 14.3. The van der Waals surface area contributed by atoms with Crippen molar-refractivity contribution in [3.8, 4) is 28.2 Å². The maximum absolute atomic E-state index is 3.12. The Hall–Kier alpha value is -10.5. The lowest BCUT2D eigenvalue weighted by Crippen LogP contribution is -2.74. The highest BCUT2D eigenvalue weighted by atomic mass is 28.3. The molecule has 382 valence electrons. The number of aromatic nitrogens is 3. The average Bonchev–Trinajstić information content (AvgIpc) is 4.28. The molecule has 0 fully saturated rings. The van der Waals surface area contributed by atoms with Gasteiger partial charge in [-0.2, -0.15) is 0 Å². The molecular formula is C78H51N3Si. The Kier molecular flexibility index (Phi) is 10.3. The maximum Gasteiger partial charge on any atom is 0.179 e. The van der Waals surface area contributed by atoms with Gasteiger partial charge in [0.05, 0.1) is 33.1 Å². The van der Waals surface area contributed by atoms with Gasteiger partial charge < -0.3 is 13.7 Å². The number of nitrogens with zero attached hydrogens (tertiary/aromatic N) is 3. The van der Waals surface area contributed by atoms with Gasteiger partial charge in [-0.1, -0.05) is 237 Å². The normalized spacial score (nSPS) is 12.1. The van der Waals surface area contributed by atoms with Crippen LogP contribution in [0.3, 0.4) is 0 Å². The minimum Gasteiger partial charge on any atom is -0.309 e. The lowest BCUT2D eigenvalue weighted by atomic mass is 9.92. The summed E-state index contributed by atoms with van der Waals surface area (Å²) in [5, 5.41) is 20.4. The molecule has 0 unspecified atom stereocenters. The van der Waals surface area contributed by atoms with Crippen LogP contribution >= 0.6 is 0 Å². The highest BCUT2D eigenvalue weighted by Gasteiger charge is 2.42. The molecule has 0 amide bonds. The van der Waals surface area contributed by atoms with E-state index in [0.29, 0.717) is 0 Å². The summed E-state index contributed by atoms with van der Waals surface area (Å²) < 4.78 is 7.44. The van der Waals surface area contributed by atoms with Crippen LogP contribution in [0.4, 0.5) is 0 Å². The fraction of sp³-hybridized carbons (Fsp3) is 0. The van der Waals surface area contributed by atoms with E-state index in [9.17, 15) is 0 Å². The molecule has 0 N–H and O–H groups in total. The lowest BCUT2D eigenvalue weighted by Gasteiger charge is -2.35. The molecule has 3 heterocycles. The van der Waals surface area contributed by atoms with E-state index in [1.54, 1.807) is 0 Å². The Bertz CT molecular complexity index is 5270. The summed E-state index contributed by atoms with van der Waals surface area (Å²) in [6.07, 6.45) is 0. The number of hydrogen-bond acceptors (Lipinski definition) is 0. The summed E-state index contributed by atoms with van der Waals surface area (Å²) in [5.41, 5.74) is 12.9.